The molecule has 88 valence electrons. The fraction of sp³-hybridized carbons (Fsp3) is 0.538. The zero-order valence-corrected chi connectivity index (χ0v) is 11.4. The molecule has 0 aromatic heterocycles. The predicted octanol–water partition coefficient (Wildman–Crippen LogP) is 3.68. The quantitative estimate of drug-likeness (QED) is 0.788. The lowest BCUT2D eigenvalue weighted by atomic mass is 9.83. The van der Waals surface area contributed by atoms with E-state index >= 15 is 0 Å². The van der Waals surface area contributed by atoms with Gasteiger partial charge in [-0.2, -0.15) is 0 Å². The third-order valence-electron chi connectivity index (χ3n) is 3.00. The molecule has 0 bridgehead atoms. The number of ether oxygens (including phenoxy) is 1. The Labute approximate surface area is 105 Å². The number of fused-ring (bicyclic) bond motifs is 1. The van der Waals surface area contributed by atoms with E-state index in [0.29, 0.717) is 6.42 Å². The van der Waals surface area contributed by atoms with Crippen LogP contribution < -0.4 is 4.74 Å². The van der Waals surface area contributed by atoms with E-state index in [1.165, 1.54) is 0 Å². The van der Waals surface area contributed by atoms with Crippen molar-refractivity contribution < 1.29 is 9.84 Å². The van der Waals surface area contributed by atoms with Crippen molar-refractivity contribution in [3.63, 3.8) is 0 Å². The first kappa shape index (κ1) is 11.9. The Morgan fingerprint density at radius 2 is 2.06 bits per heavy atom. The minimum Gasteiger partial charge on any atom is -0.489 e. The molecule has 1 N–H and O–H groups in total. The molecule has 1 aliphatic rings. The molecule has 0 saturated carbocycles. The molecule has 2 atom stereocenters. The Morgan fingerprint density at radius 1 is 1.38 bits per heavy atom. The van der Waals surface area contributed by atoms with E-state index < -0.39 is 6.10 Å². The number of aliphatic hydroxyl groups is 1. The number of hydrogen-bond donors (Lipinski definition) is 1. The van der Waals surface area contributed by atoms with Crippen LogP contribution in [0.25, 0.3) is 0 Å². The minimum atomic E-state index is -0.425. The van der Waals surface area contributed by atoms with E-state index in [1.807, 2.05) is 18.2 Å². The van der Waals surface area contributed by atoms with E-state index in [1.54, 1.807) is 0 Å². The first-order chi connectivity index (χ1) is 7.38. The van der Waals surface area contributed by atoms with Crippen molar-refractivity contribution in [3.8, 4) is 5.75 Å². The summed E-state index contributed by atoms with van der Waals surface area (Å²) in [6, 6.07) is 5.79. The third kappa shape index (κ3) is 2.25. The van der Waals surface area contributed by atoms with Gasteiger partial charge in [-0.25, -0.2) is 0 Å². The molecule has 0 saturated heterocycles. The Morgan fingerprint density at radius 3 is 2.69 bits per heavy atom. The third-order valence-corrected chi connectivity index (χ3v) is 3.50. The molecule has 0 spiro atoms. The summed E-state index contributed by atoms with van der Waals surface area (Å²) >= 11 is 3.41. The summed E-state index contributed by atoms with van der Waals surface area (Å²) in [5.74, 6) is 0.807. The lowest BCUT2D eigenvalue weighted by Crippen LogP contribution is -2.36. The maximum absolute atomic E-state index is 10.1. The molecule has 0 radical (unpaired) electrons. The molecule has 1 unspecified atom stereocenters. The van der Waals surface area contributed by atoms with Crippen LogP contribution in [0.3, 0.4) is 0 Å². The van der Waals surface area contributed by atoms with E-state index in [9.17, 15) is 5.11 Å². The van der Waals surface area contributed by atoms with Crippen LogP contribution in [0.5, 0.6) is 5.75 Å². The molecule has 2 rings (SSSR count). The largest absolute Gasteiger partial charge is 0.489 e. The molecule has 2 nitrogen and oxygen atoms in total. The van der Waals surface area contributed by atoms with Crippen LogP contribution in [-0.4, -0.2) is 11.2 Å². The summed E-state index contributed by atoms with van der Waals surface area (Å²) in [5, 5.41) is 10.1. The molecule has 0 aliphatic carbocycles. The number of benzene rings is 1. The topological polar surface area (TPSA) is 29.5 Å². The van der Waals surface area contributed by atoms with Gasteiger partial charge in [-0.15, -0.1) is 0 Å². The van der Waals surface area contributed by atoms with Crippen LogP contribution in [-0.2, 0) is 0 Å². The zero-order chi connectivity index (χ0) is 11.9. The molecule has 1 aromatic rings. The Balaban J connectivity index is 2.34. The highest BCUT2D eigenvalue weighted by Crippen LogP contribution is 2.41. The van der Waals surface area contributed by atoms with Crippen molar-refractivity contribution in [1.82, 2.24) is 0 Å². The summed E-state index contributed by atoms with van der Waals surface area (Å²) < 4.78 is 6.92. The molecular formula is C13H17BrO2. The summed E-state index contributed by atoms with van der Waals surface area (Å²) in [6.07, 6.45) is 0.300. The molecule has 16 heavy (non-hydrogen) atoms. The van der Waals surface area contributed by atoms with Gasteiger partial charge in [0.15, 0.2) is 0 Å². The zero-order valence-electron chi connectivity index (χ0n) is 9.83. The van der Waals surface area contributed by atoms with E-state index in [4.69, 9.17) is 4.74 Å². The van der Waals surface area contributed by atoms with Gasteiger partial charge in [-0.3, -0.25) is 0 Å². The maximum Gasteiger partial charge on any atom is 0.125 e. The van der Waals surface area contributed by atoms with Crippen LogP contribution >= 0.6 is 15.9 Å². The molecule has 0 amide bonds. The van der Waals surface area contributed by atoms with Crippen molar-refractivity contribution in [3.05, 3.63) is 28.2 Å². The molecule has 1 aliphatic heterocycles. The van der Waals surface area contributed by atoms with Gasteiger partial charge in [0.25, 0.3) is 0 Å². The van der Waals surface area contributed by atoms with Gasteiger partial charge in [0.2, 0.25) is 0 Å². The highest BCUT2D eigenvalue weighted by atomic mass is 79.9. The van der Waals surface area contributed by atoms with Crippen molar-refractivity contribution in [2.75, 3.05) is 0 Å². The van der Waals surface area contributed by atoms with Crippen molar-refractivity contribution >= 4 is 15.9 Å². The molecule has 1 heterocycles. The van der Waals surface area contributed by atoms with Crippen molar-refractivity contribution in [2.45, 2.75) is 39.4 Å². The van der Waals surface area contributed by atoms with Gasteiger partial charge in [-0.1, -0.05) is 36.7 Å². The molecule has 0 fully saturated rings. The summed E-state index contributed by atoms with van der Waals surface area (Å²) in [5.41, 5.74) is 0.932. The first-order valence-corrected chi connectivity index (χ1v) is 6.31. The standard InChI is InChI=1S/C13H17BrO2/c1-13(2,3)12-7-10(15)9-6-8(14)4-5-11(9)16-12/h4-6,10,12,15H,7H2,1-3H3/t10-,12?/m1/s1. The second-order valence-electron chi connectivity index (χ2n) is 5.41. The van der Waals surface area contributed by atoms with Gasteiger partial charge in [0.1, 0.15) is 11.9 Å². The number of halogens is 1. The van der Waals surface area contributed by atoms with Crippen LogP contribution in [0.2, 0.25) is 0 Å². The number of hydrogen-bond acceptors (Lipinski definition) is 2. The van der Waals surface area contributed by atoms with E-state index in [-0.39, 0.29) is 11.5 Å². The summed E-state index contributed by atoms with van der Waals surface area (Å²) in [6.45, 7) is 6.40. The molecule has 1 aromatic carbocycles. The lowest BCUT2D eigenvalue weighted by Gasteiger charge is -2.37. The summed E-state index contributed by atoms with van der Waals surface area (Å²) in [4.78, 5) is 0. The maximum atomic E-state index is 10.1. The first-order valence-electron chi connectivity index (χ1n) is 5.52. The van der Waals surface area contributed by atoms with Crippen LogP contribution in [0.1, 0.15) is 38.9 Å². The SMILES string of the molecule is CC(C)(C)C1C[C@@H](O)c2cc(Br)ccc2O1. The average molecular weight is 285 g/mol. The van der Waals surface area contributed by atoms with Crippen LogP contribution in [0.4, 0.5) is 0 Å². The monoisotopic (exact) mass is 284 g/mol. The number of rotatable bonds is 0. The van der Waals surface area contributed by atoms with Gasteiger partial charge in [-0.05, 0) is 23.6 Å². The van der Waals surface area contributed by atoms with Crippen molar-refractivity contribution in [2.24, 2.45) is 5.41 Å². The normalized spacial score (nSPS) is 24.8. The molecular weight excluding hydrogens is 268 g/mol. The average Bonchev–Trinajstić information content (AvgIpc) is 2.17. The van der Waals surface area contributed by atoms with Gasteiger partial charge < -0.3 is 9.84 Å². The predicted molar refractivity (Wildman–Crippen MR) is 67.6 cm³/mol. The van der Waals surface area contributed by atoms with Gasteiger partial charge >= 0.3 is 0 Å². The van der Waals surface area contributed by atoms with E-state index in [0.717, 1.165) is 15.8 Å². The second-order valence-corrected chi connectivity index (χ2v) is 6.32. The minimum absolute atomic E-state index is 0.0474. The highest BCUT2D eigenvalue weighted by molar-refractivity contribution is 9.10. The fourth-order valence-corrected chi connectivity index (χ4v) is 2.33. The Kier molecular flexibility index (Phi) is 3.01. The number of aliphatic hydroxyl groups excluding tert-OH is 1. The fourth-order valence-electron chi connectivity index (χ4n) is 1.95. The summed E-state index contributed by atoms with van der Waals surface area (Å²) in [7, 11) is 0. The molecule has 3 heteroatoms. The van der Waals surface area contributed by atoms with Crippen LogP contribution in [0.15, 0.2) is 22.7 Å². The second kappa shape index (κ2) is 4.04. The Hall–Kier alpha value is -0.540. The Bertz CT molecular complexity index is 395. The van der Waals surface area contributed by atoms with Crippen LogP contribution in [0, 0.1) is 5.41 Å². The van der Waals surface area contributed by atoms with E-state index in [2.05, 4.69) is 36.7 Å². The highest BCUT2D eigenvalue weighted by Gasteiger charge is 2.34. The van der Waals surface area contributed by atoms with Gasteiger partial charge in [0, 0.05) is 16.5 Å². The smallest absolute Gasteiger partial charge is 0.125 e. The lowest BCUT2D eigenvalue weighted by molar-refractivity contribution is 0.00797. The van der Waals surface area contributed by atoms with Crippen molar-refractivity contribution in [1.29, 1.82) is 0 Å². The van der Waals surface area contributed by atoms with Gasteiger partial charge in [0.05, 0.1) is 6.10 Å².